The second-order valence-electron chi connectivity index (χ2n) is 8.88. The lowest BCUT2D eigenvalue weighted by Gasteiger charge is -2.44. The van der Waals surface area contributed by atoms with Crippen LogP contribution in [0.1, 0.15) is 38.5 Å². The molecular formula is C20H30N6O5S. The molecule has 3 heterocycles. The molecule has 1 aliphatic carbocycles. The fourth-order valence-electron chi connectivity index (χ4n) is 5.17. The van der Waals surface area contributed by atoms with Crippen molar-refractivity contribution in [2.45, 2.75) is 51.1 Å². The van der Waals surface area contributed by atoms with Crippen molar-refractivity contribution >= 4 is 27.1 Å². The zero-order valence-corrected chi connectivity index (χ0v) is 19.3. The molecule has 4 rings (SSSR count). The van der Waals surface area contributed by atoms with E-state index >= 15 is 0 Å². The van der Waals surface area contributed by atoms with Gasteiger partial charge in [0, 0.05) is 26.7 Å². The van der Waals surface area contributed by atoms with E-state index in [0.29, 0.717) is 18.5 Å². The van der Waals surface area contributed by atoms with Crippen LogP contribution in [0, 0.1) is 5.92 Å². The van der Waals surface area contributed by atoms with Gasteiger partial charge in [0.15, 0.2) is 11.2 Å². The molecule has 0 aromatic carbocycles. The number of nitrogens with zero attached hydrogens (tertiary/aromatic N) is 5. The van der Waals surface area contributed by atoms with Gasteiger partial charge in [0.05, 0.1) is 12.1 Å². The fraction of sp³-hybridized carbons (Fsp3) is 0.700. The Balaban J connectivity index is 1.42. The number of sulfonamides is 1. The van der Waals surface area contributed by atoms with Gasteiger partial charge >= 0.3 is 5.69 Å². The number of aromatic nitrogens is 4. The molecule has 2 atom stereocenters. The molecule has 1 saturated heterocycles. The molecule has 0 spiro atoms. The molecule has 1 N–H and O–H groups in total. The number of carbonyl (C=O) groups is 1. The first kappa shape index (κ1) is 22.7. The zero-order valence-electron chi connectivity index (χ0n) is 18.5. The quantitative estimate of drug-likeness (QED) is 0.610. The Hall–Kier alpha value is -2.47. The minimum Gasteiger partial charge on any atom is -0.315 e. The molecule has 2 aliphatic rings. The summed E-state index contributed by atoms with van der Waals surface area (Å²) >= 11 is 0. The van der Waals surface area contributed by atoms with E-state index in [1.807, 2.05) is 0 Å². The molecule has 11 nitrogen and oxygen atoms in total. The largest absolute Gasteiger partial charge is 0.332 e. The molecule has 2 fully saturated rings. The van der Waals surface area contributed by atoms with Gasteiger partial charge in [-0.1, -0.05) is 12.8 Å². The maximum absolute atomic E-state index is 12.6. The summed E-state index contributed by atoms with van der Waals surface area (Å²) < 4.78 is 30.6. The number of nitrogens with one attached hydrogen (secondary N) is 1. The van der Waals surface area contributed by atoms with Gasteiger partial charge in [-0.3, -0.25) is 28.3 Å². The van der Waals surface area contributed by atoms with Crippen LogP contribution in [0.4, 0.5) is 0 Å². The van der Waals surface area contributed by atoms with Gasteiger partial charge in [-0.05, 0) is 38.1 Å². The molecule has 1 amide bonds. The van der Waals surface area contributed by atoms with Crippen molar-refractivity contribution in [3.63, 3.8) is 0 Å². The van der Waals surface area contributed by atoms with E-state index < -0.39 is 33.7 Å². The highest BCUT2D eigenvalue weighted by molar-refractivity contribution is 7.90. The van der Waals surface area contributed by atoms with Crippen LogP contribution in [0.3, 0.4) is 0 Å². The summed E-state index contributed by atoms with van der Waals surface area (Å²) in [6.07, 6.45) is 8.33. The first-order valence-electron chi connectivity index (χ1n) is 11.1. The number of likely N-dealkylation sites (tertiary alicyclic amines) is 1. The van der Waals surface area contributed by atoms with E-state index in [9.17, 15) is 22.8 Å². The average molecular weight is 467 g/mol. The Morgan fingerprint density at radius 3 is 2.62 bits per heavy atom. The minimum absolute atomic E-state index is 0.0683. The lowest BCUT2D eigenvalue weighted by Crippen LogP contribution is -2.49. The Morgan fingerprint density at radius 2 is 1.84 bits per heavy atom. The van der Waals surface area contributed by atoms with Crippen LogP contribution in [-0.2, 0) is 35.5 Å². The van der Waals surface area contributed by atoms with Crippen LogP contribution in [0.25, 0.3) is 11.2 Å². The van der Waals surface area contributed by atoms with Crippen molar-refractivity contribution in [1.29, 1.82) is 0 Å². The number of carbonyl (C=O) groups excluding carboxylic acids is 1. The average Bonchev–Trinajstić information content (AvgIpc) is 3.17. The number of fused-ring (bicyclic) bond motifs is 2. The molecule has 1 aliphatic heterocycles. The summed E-state index contributed by atoms with van der Waals surface area (Å²) in [6.45, 7) is 0.908. The molecule has 2 unspecified atom stereocenters. The van der Waals surface area contributed by atoms with Crippen molar-refractivity contribution in [3.05, 3.63) is 27.2 Å². The summed E-state index contributed by atoms with van der Waals surface area (Å²) in [5.74, 6) is -0.250. The second-order valence-corrected chi connectivity index (χ2v) is 10.7. The first-order chi connectivity index (χ1) is 15.2. The van der Waals surface area contributed by atoms with Gasteiger partial charge in [0.2, 0.25) is 10.0 Å². The number of amides is 1. The summed E-state index contributed by atoms with van der Waals surface area (Å²) in [7, 11) is -1.01. The molecule has 12 heteroatoms. The van der Waals surface area contributed by atoms with E-state index in [1.165, 1.54) is 55.2 Å². The number of piperidine rings is 1. The van der Waals surface area contributed by atoms with E-state index in [2.05, 4.69) is 14.6 Å². The topological polar surface area (TPSA) is 128 Å². The number of rotatable bonds is 6. The highest BCUT2D eigenvalue weighted by Gasteiger charge is 2.33. The maximum atomic E-state index is 12.6. The number of aryl methyl sites for hydroxylation is 1. The number of hydrogen-bond acceptors (Lipinski definition) is 7. The van der Waals surface area contributed by atoms with Crippen LogP contribution in [0.2, 0.25) is 0 Å². The van der Waals surface area contributed by atoms with Crippen LogP contribution in [0.5, 0.6) is 0 Å². The van der Waals surface area contributed by atoms with Crippen molar-refractivity contribution in [2.75, 3.05) is 18.8 Å². The first-order valence-corrected chi connectivity index (χ1v) is 12.7. The third-order valence-electron chi connectivity index (χ3n) is 6.81. The Kier molecular flexibility index (Phi) is 6.26. The van der Waals surface area contributed by atoms with Gasteiger partial charge in [0.1, 0.15) is 6.54 Å². The monoisotopic (exact) mass is 466 g/mol. The maximum Gasteiger partial charge on any atom is 0.332 e. The third kappa shape index (κ3) is 4.38. The van der Waals surface area contributed by atoms with E-state index in [4.69, 9.17) is 0 Å². The van der Waals surface area contributed by atoms with Gasteiger partial charge in [0.25, 0.3) is 11.5 Å². The van der Waals surface area contributed by atoms with Gasteiger partial charge in [-0.25, -0.2) is 18.2 Å². The molecule has 2 aromatic rings. The molecule has 176 valence electrons. The van der Waals surface area contributed by atoms with Crippen molar-refractivity contribution < 1.29 is 13.2 Å². The highest BCUT2D eigenvalue weighted by Crippen LogP contribution is 2.35. The van der Waals surface area contributed by atoms with Crippen LogP contribution < -0.4 is 16.0 Å². The van der Waals surface area contributed by atoms with Gasteiger partial charge in [-0.15, -0.1) is 0 Å². The molecular weight excluding hydrogens is 436 g/mol. The van der Waals surface area contributed by atoms with E-state index in [-0.39, 0.29) is 16.9 Å². The van der Waals surface area contributed by atoms with Crippen molar-refractivity contribution in [1.82, 2.24) is 28.3 Å². The minimum atomic E-state index is -3.82. The summed E-state index contributed by atoms with van der Waals surface area (Å²) in [5.41, 5.74) is -0.916. The third-order valence-corrected chi connectivity index (χ3v) is 8.06. The Bertz CT molecular complexity index is 1240. The number of hydrogen-bond donors (Lipinski definition) is 1. The summed E-state index contributed by atoms with van der Waals surface area (Å²) in [5, 5.41) is 0. The van der Waals surface area contributed by atoms with Crippen molar-refractivity contribution in [2.24, 2.45) is 20.0 Å². The molecule has 0 radical (unpaired) electrons. The normalized spacial score (nSPS) is 22.1. The van der Waals surface area contributed by atoms with E-state index in [0.717, 1.165) is 24.0 Å². The lowest BCUT2D eigenvalue weighted by atomic mass is 9.78. The van der Waals surface area contributed by atoms with Crippen LogP contribution >= 0.6 is 0 Å². The van der Waals surface area contributed by atoms with E-state index in [1.54, 1.807) is 0 Å². The number of imidazole rings is 1. The zero-order chi connectivity index (χ0) is 23.0. The predicted molar refractivity (Wildman–Crippen MR) is 119 cm³/mol. The van der Waals surface area contributed by atoms with Gasteiger partial charge < -0.3 is 4.57 Å². The smallest absolute Gasteiger partial charge is 0.315 e. The van der Waals surface area contributed by atoms with Gasteiger partial charge in [-0.2, -0.15) is 0 Å². The molecule has 1 saturated carbocycles. The molecule has 2 aromatic heterocycles. The van der Waals surface area contributed by atoms with Crippen molar-refractivity contribution in [3.8, 4) is 0 Å². The molecule has 32 heavy (non-hydrogen) atoms. The Labute approximate surface area is 186 Å². The standard InChI is InChI=1S/C20H30N6O5S/c1-23-18-17(19(28)24(2)20(23)29)26(13-21-18)12-16(27)22-32(30,31)11-10-25-9-5-7-14-6-3-4-8-15(14)25/h13-15H,3-12H2,1-2H3,(H,22,27). The van der Waals surface area contributed by atoms with Crippen LogP contribution in [-0.4, -0.2) is 62.8 Å². The summed E-state index contributed by atoms with van der Waals surface area (Å²) in [4.78, 5) is 43.3. The SMILES string of the molecule is Cn1c(=O)c2c(ncn2CC(=O)NS(=O)(=O)CCN2CCCC3CCCCC32)n(C)c1=O. The molecule has 0 bridgehead atoms. The lowest BCUT2D eigenvalue weighted by molar-refractivity contribution is -0.119. The predicted octanol–water partition coefficient (Wildman–Crippen LogP) is -0.466. The second kappa shape index (κ2) is 8.81. The Morgan fingerprint density at radius 1 is 1.12 bits per heavy atom. The van der Waals surface area contributed by atoms with Crippen LogP contribution in [0.15, 0.2) is 15.9 Å². The highest BCUT2D eigenvalue weighted by atomic mass is 32.2. The summed E-state index contributed by atoms with van der Waals surface area (Å²) in [6, 6.07) is 0.448. The fourth-order valence-corrected chi connectivity index (χ4v) is 6.16.